The number of rotatable bonds is 6. The van der Waals surface area contributed by atoms with Crippen LogP contribution in [0.2, 0.25) is 0 Å². The predicted octanol–water partition coefficient (Wildman–Crippen LogP) is 2.02. The minimum atomic E-state index is -3.41. The predicted molar refractivity (Wildman–Crippen MR) is 117 cm³/mol. The number of fused-ring (bicyclic) bond motifs is 1. The SMILES string of the molecule is Cc1ccc2oc(C(=O)N[C@H](C)C(=O)N3CCC[C@@H](C(=O)CS(C)(=O)=O)C3)c(C)c2c1. The van der Waals surface area contributed by atoms with E-state index in [1.807, 2.05) is 25.1 Å². The van der Waals surface area contributed by atoms with E-state index >= 15 is 0 Å². The van der Waals surface area contributed by atoms with Crippen molar-refractivity contribution in [3.63, 3.8) is 0 Å². The molecule has 0 unspecified atom stereocenters. The molecule has 1 aromatic heterocycles. The van der Waals surface area contributed by atoms with Gasteiger partial charge in [0.25, 0.3) is 5.91 Å². The van der Waals surface area contributed by atoms with Gasteiger partial charge in [0.1, 0.15) is 17.4 Å². The number of aryl methyl sites for hydroxylation is 2. The minimum absolute atomic E-state index is 0.163. The molecule has 1 saturated heterocycles. The fraction of sp³-hybridized carbons (Fsp3) is 0.500. The van der Waals surface area contributed by atoms with Crippen LogP contribution in [-0.2, 0) is 19.4 Å². The van der Waals surface area contributed by atoms with E-state index in [-0.39, 0.29) is 24.0 Å². The van der Waals surface area contributed by atoms with E-state index in [4.69, 9.17) is 4.42 Å². The molecule has 8 nitrogen and oxygen atoms in total. The number of ketones is 1. The lowest BCUT2D eigenvalue weighted by molar-refractivity contribution is -0.136. The summed E-state index contributed by atoms with van der Waals surface area (Å²) >= 11 is 0. The second-order valence-electron chi connectivity index (χ2n) is 8.41. The second-order valence-corrected chi connectivity index (χ2v) is 10.6. The zero-order valence-corrected chi connectivity index (χ0v) is 19.0. The van der Waals surface area contributed by atoms with E-state index in [1.165, 1.54) is 4.90 Å². The van der Waals surface area contributed by atoms with Crippen molar-refractivity contribution in [2.75, 3.05) is 25.1 Å². The van der Waals surface area contributed by atoms with Crippen LogP contribution in [0.3, 0.4) is 0 Å². The van der Waals surface area contributed by atoms with Crippen molar-refractivity contribution >= 4 is 38.4 Å². The van der Waals surface area contributed by atoms with Crippen molar-refractivity contribution in [2.24, 2.45) is 5.92 Å². The number of Topliss-reactive ketones (excluding diaryl/α,β-unsaturated/α-hetero) is 1. The van der Waals surface area contributed by atoms with E-state index in [0.29, 0.717) is 30.5 Å². The van der Waals surface area contributed by atoms with Gasteiger partial charge in [0, 0.05) is 36.2 Å². The van der Waals surface area contributed by atoms with E-state index in [2.05, 4.69) is 5.32 Å². The molecule has 3 rings (SSSR count). The molecule has 1 fully saturated rings. The fourth-order valence-electron chi connectivity index (χ4n) is 3.97. The normalized spacial score (nSPS) is 18.1. The molecular weight excluding hydrogens is 420 g/mol. The van der Waals surface area contributed by atoms with Gasteiger partial charge in [-0.2, -0.15) is 0 Å². The number of likely N-dealkylation sites (tertiary alicyclic amines) is 1. The summed E-state index contributed by atoms with van der Waals surface area (Å²) in [5.41, 5.74) is 2.37. The third-order valence-corrected chi connectivity index (χ3v) is 6.42. The Balaban J connectivity index is 1.67. The third-order valence-electron chi connectivity index (χ3n) is 5.61. The smallest absolute Gasteiger partial charge is 0.287 e. The van der Waals surface area contributed by atoms with Gasteiger partial charge in [0.15, 0.2) is 21.4 Å². The van der Waals surface area contributed by atoms with Crippen LogP contribution in [-0.4, -0.2) is 62.1 Å². The molecule has 31 heavy (non-hydrogen) atoms. The van der Waals surface area contributed by atoms with E-state index in [1.54, 1.807) is 13.8 Å². The highest BCUT2D eigenvalue weighted by Crippen LogP contribution is 2.26. The molecule has 9 heteroatoms. The van der Waals surface area contributed by atoms with Gasteiger partial charge in [-0.15, -0.1) is 0 Å². The first-order chi connectivity index (χ1) is 14.5. The summed E-state index contributed by atoms with van der Waals surface area (Å²) in [4.78, 5) is 39.4. The first-order valence-electron chi connectivity index (χ1n) is 10.3. The largest absolute Gasteiger partial charge is 0.451 e. The molecule has 2 amide bonds. The summed E-state index contributed by atoms with van der Waals surface area (Å²) in [6, 6.07) is 4.84. The Morgan fingerprint density at radius 3 is 2.65 bits per heavy atom. The number of furan rings is 1. The maximum Gasteiger partial charge on any atom is 0.287 e. The molecule has 0 spiro atoms. The average Bonchev–Trinajstić information content (AvgIpc) is 3.02. The summed E-state index contributed by atoms with van der Waals surface area (Å²) < 4.78 is 28.5. The molecule has 0 saturated carbocycles. The Labute approximate surface area is 181 Å². The Hall–Kier alpha value is -2.68. The highest BCUT2D eigenvalue weighted by molar-refractivity contribution is 7.91. The van der Waals surface area contributed by atoms with E-state index < -0.39 is 33.5 Å². The minimum Gasteiger partial charge on any atom is -0.451 e. The molecular formula is C22H28N2O6S. The number of sulfone groups is 1. The number of benzene rings is 1. The average molecular weight is 449 g/mol. The number of hydrogen-bond donors (Lipinski definition) is 1. The quantitative estimate of drug-likeness (QED) is 0.723. The van der Waals surface area contributed by atoms with Crippen LogP contribution >= 0.6 is 0 Å². The number of carbonyl (C=O) groups is 3. The second kappa shape index (κ2) is 8.82. The summed E-state index contributed by atoms with van der Waals surface area (Å²) in [5, 5.41) is 3.54. The number of nitrogens with zero attached hydrogens (tertiary/aromatic N) is 1. The van der Waals surface area contributed by atoms with Crippen molar-refractivity contribution in [1.82, 2.24) is 10.2 Å². The lowest BCUT2D eigenvalue weighted by atomic mass is 9.94. The van der Waals surface area contributed by atoms with Crippen molar-refractivity contribution in [2.45, 2.75) is 39.7 Å². The summed E-state index contributed by atoms with van der Waals surface area (Å²) in [5.74, 6) is -2.01. The number of nitrogens with one attached hydrogen (secondary N) is 1. The van der Waals surface area contributed by atoms with Crippen LogP contribution in [0.4, 0.5) is 0 Å². The number of amides is 2. The highest BCUT2D eigenvalue weighted by atomic mass is 32.2. The van der Waals surface area contributed by atoms with Crippen LogP contribution in [0.5, 0.6) is 0 Å². The standard InChI is InChI=1S/C22H28N2O6S/c1-13-7-8-19-17(10-13)14(2)20(30-19)21(26)23-15(3)22(27)24-9-5-6-16(11-24)18(25)12-31(4,28)29/h7-8,10,15-16H,5-6,9,11-12H2,1-4H3,(H,23,26)/t15-,16-/m1/s1. The Morgan fingerprint density at radius 2 is 1.97 bits per heavy atom. The van der Waals surface area contributed by atoms with Crippen LogP contribution in [0.1, 0.15) is 41.4 Å². The van der Waals surface area contributed by atoms with Crippen LogP contribution in [0.25, 0.3) is 11.0 Å². The molecule has 1 aromatic carbocycles. The highest BCUT2D eigenvalue weighted by Gasteiger charge is 2.32. The Kier molecular flexibility index (Phi) is 6.54. The topological polar surface area (TPSA) is 114 Å². The summed E-state index contributed by atoms with van der Waals surface area (Å²) in [7, 11) is -3.41. The molecule has 0 bridgehead atoms. The molecule has 1 aliphatic rings. The maximum absolute atomic E-state index is 12.9. The van der Waals surface area contributed by atoms with Gasteiger partial charge in [0.05, 0.1) is 0 Å². The van der Waals surface area contributed by atoms with Crippen molar-refractivity contribution in [3.8, 4) is 0 Å². The fourth-order valence-corrected chi connectivity index (χ4v) is 4.72. The van der Waals surface area contributed by atoms with E-state index in [0.717, 1.165) is 17.2 Å². The molecule has 1 N–H and O–H groups in total. The van der Waals surface area contributed by atoms with Gasteiger partial charge in [-0.1, -0.05) is 11.6 Å². The van der Waals surface area contributed by atoms with Gasteiger partial charge in [-0.3, -0.25) is 14.4 Å². The Bertz CT molecular complexity index is 1130. The van der Waals surface area contributed by atoms with Crippen molar-refractivity contribution in [1.29, 1.82) is 0 Å². The van der Waals surface area contributed by atoms with Gasteiger partial charge in [-0.25, -0.2) is 8.42 Å². The van der Waals surface area contributed by atoms with Gasteiger partial charge < -0.3 is 14.6 Å². The first-order valence-corrected chi connectivity index (χ1v) is 12.3. The number of piperidine rings is 1. The molecule has 1 aliphatic heterocycles. The number of carbonyl (C=O) groups excluding carboxylic acids is 3. The molecule has 2 heterocycles. The molecule has 2 aromatic rings. The van der Waals surface area contributed by atoms with E-state index in [9.17, 15) is 22.8 Å². The monoisotopic (exact) mass is 448 g/mol. The lowest BCUT2D eigenvalue weighted by Crippen LogP contribution is -2.51. The summed E-state index contributed by atoms with van der Waals surface area (Å²) in [6.07, 6.45) is 2.18. The Morgan fingerprint density at radius 1 is 1.26 bits per heavy atom. The lowest BCUT2D eigenvalue weighted by Gasteiger charge is -2.33. The molecule has 168 valence electrons. The molecule has 2 atom stereocenters. The maximum atomic E-state index is 12.9. The summed E-state index contributed by atoms with van der Waals surface area (Å²) in [6.45, 7) is 5.97. The number of hydrogen-bond acceptors (Lipinski definition) is 6. The van der Waals surface area contributed by atoms with Crippen LogP contribution in [0.15, 0.2) is 22.6 Å². The van der Waals surface area contributed by atoms with Crippen molar-refractivity contribution < 1.29 is 27.2 Å². The molecule has 0 aliphatic carbocycles. The third kappa shape index (κ3) is 5.33. The van der Waals surface area contributed by atoms with Gasteiger partial charge in [-0.05, 0) is 45.7 Å². The van der Waals surface area contributed by atoms with Gasteiger partial charge >= 0.3 is 0 Å². The zero-order valence-electron chi connectivity index (χ0n) is 18.2. The van der Waals surface area contributed by atoms with Gasteiger partial charge in [0.2, 0.25) is 5.91 Å². The van der Waals surface area contributed by atoms with Crippen LogP contribution < -0.4 is 5.32 Å². The molecule has 0 radical (unpaired) electrons. The first kappa shape index (κ1) is 23.0. The zero-order chi connectivity index (χ0) is 22.9. The van der Waals surface area contributed by atoms with Crippen molar-refractivity contribution in [3.05, 3.63) is 35.1 Å². The van der Waals surface area contributed by atoms with Crippen LogP contribution in [0, 0.1) is 19.8 Å².